The van der Waals surface area contributed by atoms with Gasteiger partial charge in [0.1, 0.15) is 5.82 Å². The van der Waals surface area contributed by atoms with Crippen molar-refractivity contribution in [2.24, 2.45) is 0 Å². The fourth-order valence-electron chi connectivity index (χ4n) is 1.59. The number of hydrogen-bond donors (Lipinski definition) is 1. The summed E-state index contributed by atoms with van der Waals surface area (Å²) in [6.07, 6.45) is -4.59. The minimum Gasteiger partial charge on any atom is -0.383 e. The molecule has 0 fully saturated rings. The van der Waals surface area contributed by atoms with Gasteiger partial charge in [-0.1, -0.05) is 0 Å². The van der Waals surface area contributed by atoms with Crippen molar-refractivity contribution >= 4 is 11.5 Å². The Labute approximate surface area is 106 Å². The molecule has 2 aromatic rings. The molecule has 1 atom stereocenters. The SMILES string of the molecule is COC[C@H](C)Nc1ccc2nnc(C(F)(F)F)n2n1. The van der Waals surface area contributed by atoms with Gasteiger partial charge in [0.05, 0.1) is 6.61 Å². The third-order valence-corrected chi connectivity index (χ3v) is 2.33. The van der Waals surface area contributed by atoms with Crippen molar-refractivity contribution in [2.45, 2.75) is 19.1 Å². The number of nitrogens with one attached hydrogen (secondary N) is 1. The summed E-state index contributed by atoms with van der Waals surface area (Å²) in [5.74, 6) is -0.854. The molecule has 0 aliphatic carbocycles. The number of fused-ring (bicyclic) bond motifs is 1. The monoisotopic (exact) mass is 275 g/mol. The largest absolute Gasteiger partial charge is 0.453 e. The summed E-state index contributed by atoms with van der Waals surface area (Å²) < 4.78 is 43.6. The van der Waals surface area contributed by atoms with Gasteiger partial charge in [0, 0.05) is 13.2 Å². The summed E-state index contributed by atoms with van der Waals surface area (Å²) in [4.78, 5) is 0. The second-order valence-corrected chi connectivity index (χ2v) is 4.01. The number of anilines is 1. The van der Waals surface area contributed by atoms with Crippen LogP contribution in [0.15, 0.2) is 12.1 Å². The van der Waals surface area contributed by atoms with Gasteiger partial charge in [-0.3, -0.25) is 0 Å². The van der Waals surface area contributed by atoms with Crippen LogP contribution in [0.1, 0.15) is 12.7 Å². The Hall–Kier alpha value is -1.90. The molecule has 0 bridgehead atoms. The van der Waals surface area contributed by atoms with Gasteiger partial charge < -0.3 is 10.1 Å². The normalized spacial score (nSPS) is 13.7. The van der Waals surface area contributed by atoms with Crippen LogP contribution in [0.3, 0.4) is 0 Å². The number of nitrogens with zero attached hydrogens (tertiary/aromatic N) is 4. The molecule has 2 aromatic heterocycles. The van der Waals surface area contributed by atoms with Gasteiger partial charge in [-0.25, -0.2) is 0 Å². The number of aromatic nitrogens is 4. The zero-order valence-electron chi connectivity index (χ0n) is 10.3. The smallest absolute Gasteiger partial charge is 0.383 e. The van der Waals surface area contributed by atoms with Crippen LogP contribution in [0, 0.1) is 0 Å². The second kappa shape index (κ2) is 5.00. The van der Waals surface area contributed by atoms with Crippen LogP contribution in [-0.4, -0.2) is 39.6 Å². The van der Waals surface area contributed by atoms with Crippen molar-refractivity contribution < 1.29 is 17.9 Å². The molecule has 0 saturated heterocycles. The second-order valence-electron chi connectivity index (χ2n) is 4.01. The van der Waals surface area contributed by atoms with E-state index >= 15 is 0 Å². The molecule has 6 nitrogen and oxygen atoms in total. The van der Waals surface area contributed by atoms with E-state index in [1.54, 1.807) is 0 Å². The van der Waals surface area contributed by atoms with Crippen molar-refractivity contribution in [3.8, 4) is 0 Å². The lowest BCUT2D eigenvalue weighted by Gasteiger charge is -2.13. The highest BCUT2D eigenvalue weighted by molar-refractivity contribution is 5.44. The molecule has 2 rings (SSSR count). The van der Waals surface area contributed by atoms with Gasteiger partial charge in [-0.05, 0) is 19.1 Å². The average molecular weight is 275 g/mol. The minimum absolute atomic E-state index is 0.0391. The lowest BCUT2D eigenvalue weighted by Crippen LogP contribution is -2.22. The Bertz CT molecular complexity index is 568. The molecule has 9 heteroatoms. The van der Waals surface area contributed by atoms with Crippen molar-refractivity contribution in [1.29, 1.82) is 0 Å². The summed E-state index contributed by atoms with van der Waals surface area (Å²) in [7, 11) is 1.54. The number of ether oxygens (including phenoxy) is 1. The van der Waals surface area contributed by atoms with Crippen LogP contribution in [-0.2, 0) is 10.9 Å². The van der Waals surface area contributed by atoms with Crippen molar-refractivity contribution in [3.63, 3.8) is 0 Å². The number of methoxy groups -OCH3 is 1. The van der Waals surface area contributed by atoms with Crippen molar-refractivity contribution in [1.82, 2.24) is 19.8 Å². The molecule has 0 aliphatic heterocycles. The molecular weight excluding hydrogens is 263 g/mol. The Kier molecular flexibility index (Phi) is 3.56. The van der Waals surface area contributed by atoms with E-state index in [1.165, 1.54) is 19.2 Å². The highest BCUT2D eigenvalue weighted by atomic mass is 19.4. The van der Waals surface area contributed by atoms with Gasteiger partial charge >= 0.3 is 6.18 Å². The fourth-order valence-corrected chi connectivity index (χ4v) is 1.59. The molecule has 19 heavy (non-hydrogen) atoms. The fraction of sp³-hybridized carbons (Fsp3) is 0.500. The molecular formula is C10H12F3N5O. The van der Waals surface area contributed by atoms with E-state index in [0.717, 1.165) is 0 Å². The number of rotatable bonds is 4. The van der Waals surface area contributed by atoms with Crippen molar-refractivity contribution in [3.05, 3.63) is 18.0 Å². The van der Waals surface area contributed by atoms with E-state index in [2.05, 4.69) is 20.6 Å². The van der Waals surface area contributed by atoms with Gasteiger partial charge in [-0.15, -0.1) is 15.3 Å². The third kappa shape index (κ3) is 2.92. The predicted octanol–water partition coefficient (Wildman–Crippen LogP) is 1.59. The predicted molar refractivity (Wildman–Crippen MR) is 60.7 cm³/mol. The Morgan fingerprint density at radius 3 is 2.74 bits per heavy atom. The van der Waals surface area contributed by atoms with E-state index in [4.69, 9.17) is 4.74 Å². The van der Waals surface area contributed by atoms with Crippen molar-refractivity contribution in [2.75, 3.05) is 19.0 Å². The molecule has 0 aliphatic rings. The third-order valence-electron chi connectivity index (χ3n) is 2.33. The maximum absolute atomic E-state index is 12.7. The van der Waals surface area contributed by atoms with Crippen LogP contribution in [0.4, 0.5) is 19.0 Å². The van der Waals surface area contributed by atoms with Crippen LogP contribution < -0.4 is 5.32 Å². The topological polar surface area (TPSA) is 64.3 Å². The Balaban J connectivity index is 2.33. The minimum atomic E-state index is -4.59. The molecule has 1 N–H and O–H groups in total. The van der Waals surface area contributed by atoms with E-state index in [9.17, 15) is 13.2 Å². The first-order valence-electron chi connectivity index (χ1n) is 5.47. The van der Waals surface area contributed by atoms with Gasteiger partial charge in [0.2, 0.25) is 0 Å². The highest BCUT2D eigenvalue weighted by Crippen LogP contribution is 2.27. The standard InChI is InChI=1S/C10H12F3N5O/c1-6(5-19-2)14-7-3-4-8-15-16-9(10(11,12)13)18(8)17-7/h3-4,6H,5H2,1-2H3,(H,14,17)/t6-/m0/s1. The molecule has 0 spiro atoms. The van der Waals surface area contributed by atoms with E-state index in [0.29, 0.717) is 16.9 Å². The Morgan fingerprint density at radius 1 is 1.37 bits per heavy atom. The first-order chi connectivity index (χ1) is 8.91. The molecule has 0 aromatic carbocycles. The number of halogens is 3. The van der Waals surface area contributed by atoms with Crippen LogP contribution in [0.25, 0.3) is 5.65 Å². The van der Waals surface area contributed by atoms with E-state index in [1.807, 2.05) is 6.92 Å². The number of hydrogen-bond acceptors (Lipinski definition) is 5. The lowest BCUT2D eigenvalue weighted by atomic mass is 10.3. The molecule has 0 saturated carbocycles. The molecule has 0 radical (unpaired) electrons. The summed E-state index contributed by atoms with van der Waals surface area (Å²) >= 11 is 0. The van der Waals surface area contributed by atoms with Crippen LogP contribution in [0.2, 0.25) is 0 Å². The maximum Gasteiger partial charge on any atom is 0.453 e. The lowest BCUT2D eigenvalue weighted by molar-refractivity contribution is -0.146. The molecule has 2 heterocycles. The maximum atomic E-state index is 12.7. The first kappa shape index (κ1) is 13.5. The van der Waals surface area contributed by atoms with Gasteiger partial charge in [0.25, 0.3) is 5.82 Å². The zero-order valence-corrected chi connectivity index (χ0v) is 10.3. The highest BCUT2D eigenvalue weighted by Gasteiger charge is 2.37. The Morgan fingerprint density at radius 2 is 2.11 bits per heavy atom. The summed E-state index contributed by atoms with van der Waals surface area (Å²) in [6.45, 7) is 2.24. The van der Waals surface area contributed by atoms with Gasteiger partial charge in [0.15, 0.2) is 5.65 Å². The van der Waals surface area contributed by atoms with E-state index in [-0.39, 0.29) is 11.7 Å². The summed E-state index contributed by atoms with van der Waals surface area (Å²) in [6, 6.07) is 2.87. The summed E-state index contributed by atoms with van der Waals surface area (Å²) in [5, 5.41) is 13.3. The molecule has 0 unspecified atom stereocenters. The quantitative estimate of drug-likeness (QED) is 0.918. The zero-order chi connectivity index (χ0) is 14.0. The van der Waals surface area contributed by atoms with Crippen LogP contribution in [0.5, 0.6) is 0 Å². The molecule has 0 amide bonds. The van der Waals surface area contributed by atoms with Crippen LogP contribution >= 0.6 is 0 Å². The number of alkyl halides is 3. The van der Waals surface area contributed by atoms with E-state index < -0.39 is 12.0 Å². The van der Waals surface area contributed by atoms with Gasteiger partial charge in [-0.2, -0.15) is 17.7 Å². The average Bonchev–Trinajstić information content (AvgIpc) is 2.71. The molecule has 104 valence electrons. The first-order valence-corrected chi connectivity index (χ1v) is 5.47. The summed E-state index contributed by atoms with van der Waals surface area (Å²) in [5.41, 5.74) is 0.0391.